The van der Waals surface area contributed by atoms with E-state index in [0.717, 1.165) is 0 Å². The summed E-state index contributed by atoms with van der Waals surface area (Å²) in [5.74, 6) is 0.875. The quantitative estimate of drug-likeness (QED) is 0.504. The number of aliphatic imine (C=N–C) groups is 1. The zero-order valence-electron chi connectivity index (χ0n) is 13.2. The van der Waals surface area contributed by atoms with Crippen molar-refractivity contribution in [3.05, 3.63) is 78.5 Å². The first-order chi connectivity index (χ1) is 11.7. The molecule has 2 rings (SSSR count). The zero-order chi connectivity index (χ0) is 17.4. The molecular weight excluding hydrogens is 324 g/mol. The summed E-state index contributed by atoms with van der Waals surface area (Å²) >= 11 is 5.96. The van der Waals surface area contributed by atoms with E-state index in [-0.39, 0.29) is 0 Å². The topological polar surface area (TPSA) is 57.6 Å². The van der Waals surface area contributed by atoms with E-state index in [2.05, 4.69) is 21.9 Å². The lowest BCUT2D eigenvalue weighted by molar-refractivity contribution is 0.259. The highest BCUT2D eigenvalue weighted by molar-refractivity contribution is 6.31. The van der Waals surface area contributed by atoms with Gasteiger partial charge in [-0.15, -0.1) is 0 Å². The Morgan fingerprint density at radius 1 is 1.33 bits per heavy atom. The third kappa shape index (κ3) is 4.54. The van der Waals surface area contributed by atoms with Crippen molar-refractivity contribution >= 4 is 35.0 Å². The Hall–Kier alpha value is -2.92. The minimum absolute atomic E-state index is 0.398. The highest BCUT2D eigenvalue weighted by Gasteiger charge is 2.21. The Balaban J connectivity index is 2.36. The Labute approximate surface area is 146 Å². The van der Waals surface area contributed by atoms with Crippen molar-refractivity contribution in [3.63, 3.8) is 0 Å². The molecular formula is C18H17ClN4O. The van der Waals surface area contributed by atoms with E-state index in [1.54, 1.807) is 73.9 Å². The largest absolute Gasteiger partial charge is 0.333 e. The second-order valence-corrected chi connectivity index (χ2v) is 5.08. The second kappa shape index (κ2) is 8.64. The molecule has 0 unspecified atom stereocenters. The first kappa shape index (κ1) is 17.4. The average molecular weight is 341 g/mol. The molecule has 0 aliphatic heterocycles. The number of urea groups is 1. The summed E-state index contributed by atoms with van der Waals surface area (Å²) in [4.78, 5) is 22.6. The summed E-state index contributed by atoms with van der Waals surface area (Å²) < 4.78 is 0. The predicted molar refractivity (Wildman–Crippen MR) is 99.9 cm³/mol. The van der Waals surface area contributed by atoms with Gasteiger partial charge in [0.2, 0.25) is 0 Å². The molecule has 1 N–H and O–H groups in total. The number of carbonyl (C=O) groups excluding carboxylic acids is 1. The third-order valence-corrected chi connectivity index (χ3v) is 3.23. The number of hydrogen-bond donors (Lipinski definition) is 1. The van der Waals surface area contributed by atoms with E-state index in [9.17, 15) is 4.79 Å². The van der Waals surface area contributed by atoms with Gasteiger partial charge in [-0.05, 0) is 36.4 Å². The van der Waals surface area contributed by atoms with Crippen molar-refractivity contribution in [2.45, 2.75) is 0 Å². The number of rotatable bonds is 4. The van der Waals surface area contributed by atoms with Crippen LogP contribution in [0.25, 0.3) is 0 Å². The maximum absolute atomic E-state index is 12.8. The van der Waals surface area contributed by atoms with Crippen LogP contribution in [0.2, 0.25) is 5.02 Å². The van der Waals surface area contributed by atoms with Crippen LogP contribution in [0.5, 0.6) is 0 Å². The molecule has 2 amide bonds. The highest BCUT2D eigenvalue weighted by atomic mass is 35.5. The third-order valence-electron chi connectivity index (χ3n) is 3.00. The maximum atomic E-state index is 12.8. The molecule has 0 aliphatic carbocycles. The maximum Gasteiger partial charge on any atom is 0.333 e. The van der Waals surface area contributed by atoms with Crippen LogP contribution in [0.4, 0.5) is 16.3 Å². The molecule has 5 nitrogen and oxygen atoms in total. The number of anilines is 2. The zero-order valence-corrected chi connectivity index (χ0v) is 13.9. The van der Waals surface area contributed by atoms with Gasteiger partial charge < -0.3 is 5.32 Å². The van der Waals surface area contributed by atoms with Crippen molar-refractivity contribution in [1.29, 1.82) is 0 Å². The van der Waals surface area contributed by atoms with E-state index in [4.69, 9.17) is 11.6 Å². The molecule has 0 bridgehead atoms. The van der Waals surface area contributed by atoms with E-state index >= 15 is 0 Å². The van der Waals surface area contributed by atoms with E-state index in [0.29, 0.717) is 22.4 Å². The van der Waals surface area contributed by atoms with E-state index in [1.807, 2.05) is 0 Å². The van der Waals surface area contributed by atoms with Gasteiger partial charge in [0.05, 0.1) is 0 Å². The van der Waals surface area contributed by atoms with Crippen molar-refractivity contribution in [2.24, 2.45) is 4.99 Å². The molecule has 1 aromatic heterocycles. The molecule has 0 aliphatic rings. The fourth-order valence-electron chi connectivity index (χ4n) is 1.96. The van der Waals surface area contributed by atoms with Crippen LogP contribution in [0.3, 0.4) is 0 Å². The highest BCUT2D eigenvalue weighted by Crippen LogP contribution is 2.18. The molecule has 0 fully saturated rings. The molecule has 6 heteroatoms. The number of allylic oxidation sites excluding steroid dienone is 2. The predicted octanol–water partition coefficient (Wildman–Crippen LogP) is 4.54. The normalized spacial score (nSPS) is 11.3. The molecule has 0 radical (unpaired) electrons. The molecule has 2 aromatic rings. The summed E-state index contributed by atoms with van der Waals surface area (Å²) in [6, 6.07) is 11.8. The smallest absolute Gasteiger partial charge is 0.307 e. The fourth-order valence-corrected chi connectivity index (χ4v) is 2.15. The van der Waals surface area contributed by atoms with Gasteiger partial charge in [-0.1, -0.05) is 42.5 Å². The number of amides is 2. The van der Waals surface area contributed by atoms with Crippen LogP contribution in [-0.2, 0) is 0 Å². The number of nitrogens with one attached hydrogen (secondary N) is 1. The molecule has 0 spiro atoms. The summed E-state index contributed by atoms with van der Waals surface area (Å²) in [6.45, 7) is 3.63. The molecule has 1 aromatic carbocycles. The van der Waals surface area contributed by atoms with Crippen LogP contribution < -0.4 is 10.2 Å². The van der Waals surface area contributed by atoms with Gasteiger partial charge in [0.1, 0.15) is 11.7 Å². The number of carbonyl (C=O) groups is 1. The number of amidine groups is 1. The Morgan fingerprint density at radius 3 is 2.79 bits per heavy atom. The van der Waals surface area contributed by atoms with Gasteiger partial charge in [-0.3, -0.25) is 4.99 Å². The Morgan fingerprint density at radius 2 is 2.17 bits per heavy atom. The van der Waals surface area contributed by atoms with Gasteiger partial charge in [0.25, 0.3) is 0 Å². The molecule has 0 atom stereocenters. The van der Waals surface area contributed by atoms with Crippen molar-refractivity contribution in [2.75, 3.05) is 17.3 Å². The standard InChI is InChI=1S/C18H17ClN4O/c1-3-4-10-16(20-2)23(17-11-5-6-12-21-17)18(24)22-15-9-7-8-14(19)13-15/h3-13H,1H2,2H3,(H,22,24)/b10-4-,20-16?. The molecule has 24 heavy (non-hydrogen) atoms. The summed E-state index contributed by atoms with van der Waals surface area (Å²) in [6.07, 6.45) is 6.60. The average Bonchev–Trinajstić information content (AvgIpc) is 2.59. The number of halogens is 1. The first-order valence-corrected chi connectivity index (χ1v) is 7.57. The summed E-state index contributed by atoms with van der Waals surface area (Å²) in [5.41, 5.74) is 0.580. The monoisotopic (exact) mass is 340 g/mol. The van der Waals surface area contributed by atoms with Crippen molar-refractivity contribution in [3.8, 4) is 0 Å². The number of pyridine rings is 1. The summed E-state index contributed by atoms with van der Waals surface area (Å²) in [5, 5.41) is 3.33. The summed E-state index contributed by atoms with van der Waals surface area (Å²) in [7, 11) is 1.60. The molecule has 122 valence electrons. The van der Waals surface area contributed by atoms with Gasteiger partial charge >= 0.3 is 6.03 Å². The van der Waals surface area contributed by atoms with Gasteiger partial charge in [-0.25, -0.2) is 14.7 Å². The van der Waals surface area contributed by atoms with Crippen LogP contribution >= 0.6 is 11.6 Å². The SMILES string of the molecule is C=C/C=C\C(=NC)N(C(=O)Nc1cccc(Cl)c1)c1ccccn1. The number of benzene rings is 1. The molecule has 0 saturated carbocycles. The van der Waals surface area contributed by atoms with Crippen molar-refractivity contribution < 1.29 is 4.79 Å². The fraction of sp³-hybridized carbons (Fsp3) is 0.0556. The van der Waals surface area contributed by atoms with Crippen LogP contribution in [-0.4, -0.2) is 23.9 Å². The lowest BCUT2D eigenvalue weighted by atomic mass is 10.3. The minimum Gasteiger partial charge on any atom is -0.307 e. The van der Waals surface area contributed by atoms with E-state index < -0.39 is 6.03 Å². The van der Waals surface area contributed by atoms with Crippen LogP contribution in [0, 0.1) is 0 Å². The lowest BCUT2D eigenvalue weighted by Gasteiger charge is -2.22. The number of aromatic nitrogens is 1. The van der Waals surface area contributed by atoms with Gasteiger partial charge in [0, 0.05) is 24.0 Å². The number of nitrogens with zero attached hydrogens (tertiary/aromatic N) is 3. The minimum atomic E-state index is -0.398. The Kier molecular flexibility index (Phi) is 6.28. The lowest BCUT2D eigenvalue weighted by Crippen LogP contribution is -2.40. The van der Waals surface area contributed by atoms with Gasteiger partial charge in [0.15, 0.2) is 0 Å². The van der Waals surface area contributed by atoms with Crippen molar-refractivity contribution in [1.82, 2.24) is 4.98 Å². The number of hydrogen-bond acceptors (Lipinski definition) is 3. The Bertz CT molecular complexity index is 772. The van der Waals surface area contributed by atoms with Crippen LogP contribution in [0.1, 0.15) is 0 Å². The first-order valence-electron chi connectivity index (χ1n) is 7.19. The second-order valence-electron chi connectivity index (χ2n) is 4.64. The molecule has 1 heterocycles. The molecule has 0 saturated heterocycles. The van der Waals surface area contributed by atoms with Crippen LogP contribution in [0.15, 0.2) is 78.5 Å². The van der Waals surface area contributed by atoms with Gasteiger partial charge in [-0.2, -0.15) is 0 Å². The van der Waals surface area contributed by atoms with E-state index in [1.165, 1.54) is 4.90 Å².